The Morgan fingerprint density at radius 3 is 2.62 bits per heavy atom. The molecule has 7 nitrogen and oxygen atoms in total. The summed E-state index contributed by atoms with van der Waals surface area (Å²) in [7, 11) is 1.58. The molecule has 0 saturated heterocycles. The molecular formula is C13H13N3O4S. The van der Waals surface area contributed by atoms with Gasteiger partial charge in [0.15, 0.2) is 5.16 Å². The van der Waals surface area contributed by atoms with E-state index < -0.39 is 5.97 Å². The summed E-state index contributed by atoms with van der Waals surface area (Å²) in [5.41, 5.74) is 0.815. The lowest BCUT2D eigenvalue weighted by molar-refractivity contribution is -0.133. The third kappa shape index (κ3) is 4.32. The number of H-pyrrole nitrogens is 1. The third-order valence-corrected chi connectivity index (χ3v) is 3.46. The minimum Gasteiger partial charge on any atom is -0.497 e. The van der Waals surface area contributed by atoms with E-state index in [4.69, 9.17) is 9.84 Å². The average molecular weight is 307 g/mol. The topological polar surface area (TPSA) is 105 Å². The molecule has 1 aromatic carbocycles. The first kappa shape index (κ1) is 15.0. The number of carbonyl (C=O) groups is 1. The molecular weight excluding hydrogens is 294 g/mol. The predicted molar refractivity (Wildman–Crippen MR) is 76.8 cm³/mol. The summed E-state index contributed by atoms with van der Waals surface area (Å²) in [6.45, 7) is 0. The molecule has 0 atom stereocenters. The summed E-state index contributed by atoms with van der Waals surface area (Å²) in [6.07, 6.45) is 0.343. The summed E-state index contributed by atoms with van der Waals surface area (Å²) < 4.78 is 5.06. The van der Waals surface area contributed by atoms with Gasteiger partial charge in [0.2, 0.25) is 0 Å². The summed E-state index contributed by atoms with van der Waals surface area (Å²) >= 11 is 0.917. The molecule has 0 unspecified atom stereocenters. The van der Waals surface area contributed by atoms with E-state index in [9.17, 15) is 9.59 Å². The molecule has 0 radical (unpaired) electrons. The Kier molecular flexibility index (Phi) is 4.94. The van der Waals surface area contributed by atoms with Gasteiger partial charge >= 0.3 is 5.97 Å². The molecule has 2 rings (SSSR count). The van der Waals surface area contributed by atoms with Crippen LogP contribution in [0.1, 0.15) is 11.3 Å². The summed E-state index contributed by atoms with van der Waals surface area (Å²) in [4.78, 5) is 24.8. The van der Waals surface area contributed by atoms with Crippen molar-refractivity contribution in [3.05, 3.63) is 45.9 Å². The number of carboxylic acids is 1. The van der Waals surface area contributed by atoms with E-state index in [-0.39, 0.29) is 22.2 Å². The number of aromatic nitrogens is 3. The van der Waals surface area contributed by atoms with E-state index >= 15 is 0 Å². The van der Waals surface area contributed by atoms with Gasteiger partial charge in [-0.2, -0.15) is 0 Å². The second-order valence-corrected chi connectivity index (χ2v) is 5.08. The van der Waals surface area contributed by atoms with Crippen molar-refractivity contribution in [2.75, 3.05) is 12.9 Å². The van der Waals surface area contributed by atoms with E-state index in [1.165, 1.54) is 0 Å². The molecule has 2 N–H and O–H groups in total. The fourth-order valence-corrected chi connectivity index (χ4v) is 2.12. The molecule has 8 heteroatoms. The first-order valence-electron chi connectivity index (χ1n) is 6.02. The zero-order chi connectivity index (χ0) is 15.2. The number of aromatic amines is 1. The lowest BCUT2D eigenvalue weighted by Crippen LogP contribution is -2.18. The number of carboxylic acid groups (broad SMARTS) is 1. The molecule has 0 aliphatic heterocycles. The Hall–Kier alpha value is -2.35. The van der Waals surface area contributed by atoms with Gasteiger partial charge in [-0.1, -0.05) is 23.9 Å². The monoisotopic (exact) mass is 307 g/mol. The van der Waals surface area contributed by atoms with Crippen molar-refractivity contribution >= 4 is 17.7 Å². The smallest absolute Gasteiger partial charge is 0.313 e. The first-order chi connectivity index (χ1) is 10.1. The fourth-order valence-electron chi connectivity index (χ4n) is 1.59. The van der Waals surface area contributed by atoms with E-state index in [2.05, 4.69) is 15.2 Å². The van der Waals surface area contributed by atoms with Gasteiger partial charge in [0.1, 0.15) is 11.4 Å². The van der Waals surface area contributed by atoms with Crippen LogP contribution >= 0.6 is 11.8 Å². The number of ether oxygens (including phenoxy) is 1. The van der Waals surface area contributed by atoms with Gasteiger partial charge < -0.3 is 9.84 Å². The number of nitrogens with zero attached hydrogens (tertiary/aromatic N) is 2. The van der Waals surface area contributed by atoms with Crippen LogP contribution in [0.4, 0.5) is 0 Å². The summed E-state index contributed by atoms with van der Waals surface area (Å²) in [5, 5.41) is 16.4. The maximum Gasteiger partial charge on any atom is 0.313 e. The number of nitrogens with one attached hydrogen (secondary N) is 1. The number of benzene rings is 1. The Balaban J connectivity index is 2.09. The van der Waals surface area contributed by atoms with Gasteiger partial charge in [-0.05, 0) is 17.7 Å². The van der Waals surface area contributed by atoms with Crippen LogP contribution < -0.4 is 10.3 Å². The van der Waals surface area contributed by atoms with Crippen molar-refractivity contribution in [2.45, 2.75) is 11.6 Å². The number of thioether (sulfide) groups is 1. The minimum absolute atomic E-state index is 0.178. The van der Waals surface area contributed by atoms with Crippen molar-refractivity contribution in [1.82, 2.24) is 15.2 Å². The highest BCUT2D eigenvalue weighted by atomic mass is 32.2. The lowest BCUT2D eigenvalue weighted by Gasteiger charge is -2.03. The van der Waals surface area contributed by atoms with Gasteiger partial charge in [0.05, 0.1) is 12.9 Å². The SMILES string of the molecule is COc1ccc(Cc2nnc(SCC(=O)O)[nH]c2=O)cc1. The number of hydrogen-bond acceptors (Lipinski definition) is 6. The van der Waals surface area contributed by atoms with E-state index in [1.807, 2.05) is 12.1 Å². The fraction of sp³-hybridized carbons (Fsp3) is 0.231. The lowest BCUT2D eigenvalue weighted by atomic mass is 10.1. The molecule has 0 aliphatic rings. The predicted octanol–water partition coefficient (Wildman–Crippen LogP) is 0.941. The van der Waals surface area contributed by atoms with Crippen molar-refractivity contribution in [3.8, 4) is 5.75 Å². The van der Waals surface area contributed by atoms with Crippen LogP contribution in [0.5, 0.6) is 5.75 Å². The molecule has 0 amide bonds. The first-order valence-corrected chi connectivity index (χ1v) is 7.00. The molecule has 0 fully saturated rings. The highest BCUT2D eigenvalue weighted by molar-refractivity contribution is 7.99. The van der Waals surface area contributed by atoms with Crippen molar-refractivity contribution in [3.63, 3.8) is 0 Å². The van der Waals surface area contributed by atoms with Crippen LogP contribution in [0, 0.1) is 0 Å². The van der Waals surface area contributed by atoms with Crippen LogP contribution in [0.2, 0.25) is 0 Å². The normalized spacial score (nSPS) is 10.3. The molecule has 1 aromatic heterocycles. The van der Waals surface area contributed by atoms with Crippen LogP contribution in [0.3, 0.4) is 0 Å². The molecule has 0 spiro atoms. The van der Waals surface area contributed by atoms with Gasteiger partial charge in [-0.3, -0.25) is 14.6 Å². The van der Waals surface area contributed by atoms with Crippen molar-refractivity contribution in [2.24, 2.45) is 0 Å². The molecule has 21 heavy (non-hydrogen) atoms. The number of methoxy groups -OCH3 is 1. The molecule has 1 heterocycles. The summed E-state index contributed by atoms with van der Waals surface area (Å²) in [5.74, 6) is -0.424. The second-order valence-electron chi connectivity index (χ2n) is 4.11. The van der Waals surface area contributed by atoms with Gasteiger partial charge in [-0.15, -0.1) is 10.2 Å². The average Bonchev–Trinajstić information content (AvgIpc) is 2.48. The Morgan fingerprint density at radius 2 is 2.05 bits per heavy atom. The third-order valence-electron chi connectivity index (χ3n) is 2.61. The van der Waals surface area contributed by atoms with Gasteiger partial charge in [-0.25, -0.2) is 0 Å². The van der Waals surface area contributed by atoms with Gasteiger partial charge in [0, 0.05) is 6.42 Å². The van der Waals surface area contributed by atoms with Crippen molar-refractivity contribution < 1.29 is 14.6 Å². The molecule has 0 aliphatic carbocycles. The standard InChI is InChI=1S/C13H13N3O4S/c1-20-9-4-2-8(3-5-9)6-10-12(19)14-13(16-15-10)21-7-11(17)18/h2-5H,6-7H2,1H3,(H,17,18)(H,14,16,19). The minimum atomic E-state index is -0.982. The maximum absolute atomic E-state index is 11.9. The number of hydrogen-bond donors (Lipinski definition) is 2. The highest BCUT2D eigenvalue weighted by Gasteiger charge is 2.08. The van der Waals surface area contributed by atoms with Gasteiger partial charge in [0.25, 0.3) is 5.56 Å². The Bertz CT molecular complexity index is 685. The Labute approximate surface area is 124 Å². The van der Waals surface area contributed by atoms with Crippen LogP contribution in [0.25, 0.3) is 0 Å². The number of aliphatic carboxylic acids is 1. The zero-order valence-corrected chi connectivity index (χ0v) is 12.0. The summed E-state index contributed by atoms with van der Waals surface area (Å²) in [6, 6.07) is 7.28. The van der Waals surface area contributed by atoms with Crippen LogP contribution in [-0.2, 0) is 11.2 Å². The zero-order valence-electron chi connectivity index (χ0n) is 11.2. The number of rotatable bonds is 6. The van der Waals surface area contributed by atoms with E-state index in [0.717, 1.165) is 23.1 Å². The van der Waals surface area contributed by atoms with Crippen LogP contribution in [0.15, 0.2) is 34.2 Å². The second kappa shape index (κ2) is 6.89. The largest absolute Gasteiger partial charge is 0.497 e. The molecule has 0 saturated carbocycles. The van der Waals surface area contributed by atoms with Crippen LogP contribution in [-0.4, -0.2) is 39.1 Å². The molecule has 110 valence electrons. The molecule has 2 aromatic rings. The molecule has 0 bridgehead atoms. The highest BCUT2D eigenvalue weighted by Crippen LogP contribution is 2.13. The Morgan fingerprint density at radius 1 is 1.33 bits per heavy atom. The van der Waals surface area contributed by atoms with E-state index in [0.29, 0.717) is 6.42 Å². The van der Waals surface area contributed by atoms with Crippen molar-refractivity contribution in [1.29, 1.82) is 0 Å². The van der Waals surface area contributed by atoms with E-state index in [1.54, 1.807) is 19.2 Å². The quantitative estimate of drug-likeness (QED) is 0.765. The maximum atomic E-state index is 11.9.